The molecule has 0 aliphatic heterocycles. The highest BCUT2D eigenvalue weighted by atomic mass is 16.1. The maximum absolute atomic E-state index is 12.7. The van der Waals surface area contributed by atoms with E-state index in [4.69, 9.17) is 0 Å². The average Bonchev–Trinajstić information content (AvgIpc) is 2.88. The lowest BCUT2D eigenvalue weighted by molar-refractivity contribution is 0.0916. The van der Waals surface area contributed by atoms with Gasteiger partial charge in [0.2, 0.25) is 0 Å². The molecule has 1 amide bonds. The van der Waals surface area contributed by atoms with Crippen molar-refractivity contribution in [1.82, 2.24) is 10.3 Å². The zero-order valence-corrected chi connectivity index (χ0v) is 13.4. The summed E-state index contributed by atoms with van der Waals surface area (Å²) in [6.45, 7) is 0. The second kappa shape index (κ2) is 6.09. The molecule has 1 aromatic carbocycles. The summed E-state index contributed by atoms with van der Waals surface area (Å²) in [5, 5.41) is 12.4. The minimum absolute atomic E-state index is 0.174. The van der Waals surface area contributed by atoms with E-state index in [0.29, 0.717) is 23.0 Å². The largest absolute Gasteiger partial charge is 0.349 e. The lowest BCUT2D eigenvalue weighted by Crippen LogP contribution is -2.42. The van der Waals surface area contributed by atoms with Gasteiger partial charge in [0.15, 0.2) is 0 Å². The number of carbonyl (C=O) groups is 1. The fourth-order valence-corrected chi connectivity index (χ4v) is 4.29. The molecule has 2 aliphatic carbocycles. The summed E-state index contributed by atoms with van der Waals surface area (Å²) >= 11 is 0. The van der Waals surface area contributed by atoms with E-state index in [1.54, 1.807) is 12.3 Å². The van der Waals surface area contributed by atoms with Crippen LogP contribution in [0.15, 0.2) is 42.7 Å². The number of nitrogens with zero attached hydrogens (tertiary/aromatic N) is 2. The van der Waals surface area contributed by atoms with E-state index in [2.05, 4.69) is 40.6 Å². The normalized spacial score (nSPS) is 24.5. The molecular formula is C20H19N3O. The van der Waals surface area contributed by atoms with Crippen molar-refractivity contribution < 1.29 is 4.79 Å². The lowest BCUT2D eigenvalue weighted by Gasteiger charge is -2.23. The first-order chi connectivity index (χ1) is 11.8. The Balaban J connectivity index is 1.58. The number of nitriles is 1. The van der Waals surface area contributed by atoms with Crippen LogP contribution in [0.5, 0.6) is 0 Å². The lowest BCUT2D eigenvalue weighted by atomic mass is 9.94. The van der Waals surface area contributed by atoms with Gasteiger partial charge in [0.05, 0.1) is 11.1 Å². The van der Waals surface area contributed by atoms with Crippen LogP contribution in [-0.2, 0) is 12.8 Å². The Kier molecular flexibility index (Phi) is 3.78. The van der Waals surface area contributed by atoms with E-state index >= 15 is 0 Å². The molecule has 2 atom stereocenters. The number of nitrogens with one attached hydrogen (secondary N) is 1. The Morgan fingerprint density at radius 1 is 1.12 bits per heavy atom. The van der Waals surface area contributed by atoms with Gasteiger partial charge >= 0.3 is 0 Å². The number of fused-ring (bicyclic) bond motifs is 3. The van der Waals surface area contributed by atoms with Crippen LogP contribution in [0.4, 0.5) is 0 Å². The number of rotatable bonds is 2. The third-order valence-electron chi connectivity index (χ3n) is 5.49. The molecule has 1 aromatic heterocycles. The van der Waals surface area contributed by atoms with Crippen molar-refractivity contribution in [2.45, 2.75) is 31.7 Å². The first-order valence-corrected chi connectivity index (χ1v) is 8.48. The molecule has 0 saturated heterocycles. The molecule has 2 aromatic rings. The standard InChI is InChI=1S/C20H19N3O/c21-11-17-7-8-22-12-18(17)20(24)23-19-15-5-6-16(19)10-14-4-2-1-3-13(14)9-15/h1-4,7-8,12,15-16,19H,5-6,9-10H2,(H,23,24). The summed E-state index contributed by atoms with van der Waals surface area (Å²) in [6.07, 6.45) is 7.39. The van der Waals surface area contributed by atoms with Crippen LogP contribution < -0.4 is 5.32 Å². The van der Waals surface area contributed by atoms with Crippen molar-refractivity contribution in [1.29, 1.82) is 5.26 Å². The smallest absolute Gasteiger partial charge is 0.254 e. The predicted octanol–water partition coefficient (Wildman–Crippen LogP) is 2.88. The summed E-state index contributed by atoms with van der Waals surface area (Å²) in [4.78, 5) is 16.7. The Hall–Kier alpha value is -2.67. The Morgan fingerprint density at radius 3 is 2.42 bits per heavy atom. The van der Waals surface area contributed by atoms with E-state index in [-0.39, 0.29) is 11.9 Å². The van der Waals surface area contributed by atoms with Gasteiger partial charge in [-0.15, -0.1) is 0 Å². The zero-order chi connectivity index (χ0) is 16.5. The van der Waals surface area contributed by atoms with Crippen LogP contribution in [0.1, 0.15) is 39.9 Å². The Morgan fingerprint density at radius 2 is 1.79 bits per heavy atom. The zero-order valence-electron chi connectivity index (χ0n) is 13.4. The number of hydrogen-bond acceptors (Lipinski definition) is 3. The molecule has 24 heavy (non-hydrogen) atoms. The van der Waals surface area contributed by atoms with Crippen molar-refractivity contribution in [3.05, 3.63) is 65.0 Å². The molecule has 120 valence electrons. The van der Waals surface area contributed by atoms with E-state index in [0.717, 1.165) is 25.7 Å². The average molecular weight is 317 g/mol. The van der Waals surface area contributed by atoms with E-state index in [1.807, 2.05) is 0 Å². The van der Waals surface area contributed by atoms with Gasteiger partial charge in [-0.3, -0.25) is 9.78 Å². The summed E-state index contributed by atoms with van der Waals surface area (Å²) in [7, 11) is 0. The Labute approximate surface area is 141 Å². The van der Waals surface area contributed by atoms with Gasteiger partial charge in [0.1, 0.15) is 6.07 Å². The number of carbonyl (C=O) groups excluding carboxylic acids is 1. The first-order valence-electron chi connectivity index (χ1n) is 8.48. The highest BCUT2D eigenvalue weighted by Gasteiger charge is 2.39. The maximum Gasteiger partial charge on any atom is 0.254 e. The highest BCUT2D eigenvalue weighted by Crippen LogP contribution is 2.40. The molecule has 4 heteroatoms. The van der Waals surface area contributed by atoms with Crippen LogP contribution >= 0.6 is 0 Å². The second-order valence-electron chi connectivity index (χ2n) is 6.81. The van der Waals surface area contributed by atoms with Crippen molar-refractivity contribution in [3.63, 3.8) is 0 Å². The molecule has 2 unspecified atom stereocenters. The minimum Gasteiger partial charge on any atom is -0.349 e. The van der Waals surface area contributed by atoms with Crippen molar-refractivity contribution in [3.8, 4) is 6.07 Å². The molecule has 2 bridgehead atoms. The number of benzene rings is 1. The molecule has 4 rings (SSSR count). The van der Waals surface area contributed by atoms with Gasteiger partial charge in [-0.25, -0.2) is 0 Å². The summed E-state index contributed by atoms with van der Waals surface area (Å²) in [5.74, 6) is 0.780. The van der Waals surface area contributed by atoms with Gasteiger partial charge < -0.3 is 5.32 Å². The van der Waals surface area contributed by atoms with Crippen LogP contribution in [0.25, 0.3) is 0 Å². The molecule has 0 spiro atoms. The molecule has 1 saturated carbocycles. The molecule has 1 heterocycles. The SMILES string of the molecule is N#Cc1ccncc1C(=O)NC1C2CCC1Cc1ccccc1C2. The maximum atomic E-state index is 12.7. The predicted molar refractivity (Wildman–Crippen MR) is 90.3 cm³/mol. The molecular weight excluding hydrogens is 298 g/mol. The van der Waals surface area contributed by atoms with Crippen molar-refractivity contribution in [2.24, 2.45) is 11.8 Å². The monoisotopic (exact) mass is 317 g/mol. The second-order valence-corrected chi connectivity index (χ2v) is 6.81. The van der Waals surface area contributed by atoms with Gasteiger partial charge in [0, 0.05) is 18.4 Å². The van der Waals surface area contributed by atoms with Crippen LogP contribution in [0, 0.1) is 23.2 Å². The summed E-state index contributed by atoms with van der Waals surface area (Å²) < 4.78 is 0. The van der Waals surface area contributed by atoms with Crippen molar-refractivity contribution >= 4 is 5.91 Å². The quantitative estimate of drug-likeness (QED) is 0.926. The number of pyridine rings is 1. The fourth-order valence-electron chi connectivity index (χ4n) is 4.29. The number of aromatic nitrogens is 1. The number of hydrogen-bond donors (Lipinski definition) is 1. The van der Waals surface area contributed by atoms with E-state index < -0.39 is 0 Å². The third kappa shape index (κ3) is 2.56. The minimum atomic E-state index is -0.174. The molecule has 1 fully saturated rings. The highest BCUT2D eigenvalue weighted by molar-refractivity contribution is 5.96. The van der Waals surface area contributed by atoms with Crippen molar-refractivity contribution in [2.75, 3.05) is 0 Å². The van der Waals surface area contributed by atoms with Gasteiger partial charge in [-0.1, -0.05) is 24.3 Å². The molecule has 1 N–H and O–H groups in total. The molecule has 4 nitrogen and oxygen atoms in total. The van der Waals surface area contributed by atoms with E-state index in [9.17, 15) is 10.1 Å². The first kappa shape index (κ1) is 14.9. The fraction of sp³-hybridized carbons (Fsp3) is 0.350. The third-order valence-corrected chi connectivity index (χ3v) is 5.49. The molecule has 0 radical (unpaired) electrons. The molecule has 2 aliphatic rings. The van der Waals surface area contributed by atoms with Gasteiger partial charge in [-0.2, -0.15) is 5.26 Å². The summed E-state index contributed by atoms with van der Waals surface area (Å²) in [5.41, 5.74) is 3.60. The summed E-state index contributed by atoms with van der Waals surface area (Å²) in [6, 6.07) is 12.5. The number of amides is 1. The Bertz CT molecular complexity index is 791. The van der Waals surface area contributed by atoms with Crippen LogP contribution in [0.3, 0.4) is 0 Å². The van der Waals surface area contributed by atoms with Crippen LogP contribution in [-0.4, -0.2) is 16.9 Å². The topological polar surface area (TPSA) is 65.8 Å². The van der Waals surface area contributed by atoms with Gasteiger partial charge in [-0.05, 0) is 54.7 Å². The van der Waals surface area contributed by atoms with Crippen LogP contribution in [0.2, 0.25) is 0 Å². The van der Waals surface area contributed by atoms with E-state index in [1.165, 1.54) is 17.3 Å². The van der Waals surface area contributed by atoms with Gasteiger partial charge in [0.25, 0.3) is 5.91 Å².